The SMILES string of the molecule is CCCCOc1ccccc1C(=O)Nc1ccccc1C(=O)NC1CCCCC1. The average Bonchev–Trinajstić information content (AvgIpc) is 2.75. The van der Waals surface area contributed by atoms with Gasteiger partial charge in [0.25, 0.3) is 11.8 Å². The first-order valence-electron chi connectivity index (χ1n) is 10.6. The summed E-state index contributed by atoms with van der Waals surface area (Å²) in [6.07, 6.45) is 7.53. The van der Waals surface area contributed by atoms with Gasteiger partial charge in [-0.3, -0.25) is 9.59 Å². The van der Waals surface area contributed by atoms with Crippen LogP contribution in [0.25, 0.3) is 0 Å². The molecule has 0 atom stereocenters. The number of hydrogen-bond donors (Lipinski definition) is 2. The number of carbonyl (C=O) groups is 2. The third kappa shape index (κ3) is 5.83. The second-order valence-electron chi connectivity index (χ2n) is 7.51. The molecule has 1 saturated carbocycles. The molecule has 0 heterocycles. The number of hydrogen-bond acceptors (Lipinski definition) is 3. The smallest absolute Gasteiger partial charge is 0.259 e. The van der Waals surface area contributed by atoms with Crippen molar-refractivity contribution in [3.63, 3.8) is 0 Å². The molecule has 2 aromatic rings. The molecule has 2 N–H and O–H groups in total. The predicted molar refractivity (Wildman–Crippen MR) is 116 cm³/mol. The second kappa shape index (κ2) is 10.6. The van der Waals surface area contributed by atoms with Gasteiger partial charge in [0.15, 0.2) is 0 Å². The highest BCUT2D eigenvalue weighted by molar-refractivity contribution is 6.10. The highest BCUT2D eigenvalue weighted by Crippen LogP contribution is 2.23. The number of amides is 2. The van der Waals surface area contributed by atoms with Crippen LogP contribution in [-0.2, 0) is 0 Å². The summed E-state index contributed by atoms with van der Waals surface area (Å²) in [5.41, 5.74) is 1.45. The lowest BCUT2D eigenvalue weighted by Crippen LogP contribution is -2.36. The first-order valence-corrected chi connectivity index (χ1v) is 10.6. The van der Waals surface area contributed by atoms with Gasteiger partial charge in [0.05, 0.1) is 23.4 Å². The summed E-state index contributed by atoms with van der Waals surface area (Å²) >= 11 is 0. The summed E-state index contributed by atoms with van der Waals surface area (Å²) in [5, 5.41) is 6.02. The molecule has 3 rings (SSSR count). The molecule has 5 nitrogen and oxygen atoms in total. The minimum absolute atomic E-state index is 0.139. The Bertz CT molecular complexity index is 828. The summed E-state index contributed by atoms with van der Waals surface area (Å²) in [6, 6.07) is 14.5. The van der Waals surface area contributed by atoms with Crippen molar-refractivity contribution in [3.05, 3.63) is 59.7 Å². The van der Waals surface area contributed by atoms with Gasteiger partial charge in [-0.2, -0.15) is 0 Å². The lowest BCUT2D eigenvalue weighted by Gasteiger charge is -2.23. The highest BCUT2D eigenvalue weighted by atomic mass is 16.5. The average molecular weight is 395 g/mol. The lowest BCUT2D eigenvalue weighted by molar-refractivity contribution is 0.0928. The molecule has 0 spiro atoms. The van der Waals surface area contributed by atoms with Crippen LogP contribution in [0.5, 0.6) is 5.75 Å². The van der Waals surface area contributed by atoms with Crippen molar-refractivity contribution in [2.75, 3.05) is 11.9 Å². The van der Waals surface area contributed by atoms with E-state index < -0.39 is 0 Å². The zero-order chi connectivity index (χ0) is 20.5. The number of anilines is 1. The van der Waals surface area contributed by atoms with Crippen LogP contribution >= 0.6 is 0 Å². The number of carbonyl (C=O) groups excluding carboxylic acids is 2. The molecule has 154 valence electrons. The van der Waals surface area contributed by atoms with Gasteiger partial charge < -0.3 is 15.4 Å². The molecular weight excluding hydrogens is 364 g/mol. The topological polar surface area (TPSA) is 67.4 Å². The monoisotopic (exact) mass is 394 g/mol. The van der Waals surface area contributed by atoms with Crippen LogP contribution in [-0.4, -0.2) is 24.5 Å². The van der Waals surface area contributed by atoms with E-state index in [1.54, 1.807) is 24.3 Å². The molecule has 1 aliphatic carbocycles. The van der Waals surface area contributed by atoms with Gasteiger partial charge in [0.1, 0.15) is 5.75 Å². The molecule has 2 amide bonds. The molecule has 29 heavy (non-hydrogen) atoms. The molecule has 0 aromatic heterocycles. The Morgan fingerprint density at radius 3 is 2.38 bits per heavy atom. The Morgan fingerprint density at radius 1 is 0.931 bits per heavy atom. The van der Waals surface area contributed by atoms with E-state index in [0.29, 0.717) is 29.2 Å². The van der Waals surface area contributed by atoms with E-state index in [1.807, 2.05) is 24.3 Å². The molecule has 0 saturated heterocycles. The van der Waals surface area contributed by atoms with Gasteiger partial charge in [-0.1, -0.05) is 56.9 Å². The predicted octanol–water partition coefficient (Wildman–Crippen LogP) is 5.18. The Morgan fingerprint density at radius 2 is 1.62 bits per heavy atom. The van der Waals surface area contributed by atoms with E-state index in [4.69, 9.17) is 4.74 Å². The molecule has 5 heteroatoms. The van der Waals surface area contributed by atoms with Crippen molar-refractivity contribution in [3.8, 4) is 5.75 Å². The first-order chi connectivity index (χ1) is 14.2. The van der Waals surface area contributed by atoms with Crippen molar-refractivity contribution in [1.29, 1.82) is 0 Å². The highest BCUT2D eigenvalue weighted by Gasteiger charge is 2.20. The van der Waals surface area contributed by atoms with Crippen molar-refractivity contribution in [1.82, 2.24) is 5.32 Å². The van der Waals surface area contributed by atoms with E-state index in [0.717, 1.165) is 38.5 Å². The van der Waals surface area contributed by atoms with Crippen LogP contribution in [0.15, 0.2) is 48.5 Å². The minimum Gasteiger partial charge on any atom is -0.493 e. The van der Waals surface area contributed by atoms with E-state index in [2.05, 4.69) is 17.6 Å². The summed E-state index contributed by atoms with van der Waals surface area (Å²) in [6.45, 7) is 2.67. The van der Waals surface area contributed by atoms with Gasteiger partial charge in [-0.15, -0.1) is 0 Å². The first kappa shape index (κ1) is 20.9. The van der Waals surface area contributed by atoms with Crippen LogP contribution in [0.1, 0.15) is 72.6 Å². The number of ether oxygens (including phenoxy) is 1. The van der Waals surface area contributed by atoms with E-state index in [9.17, 15) is 9.59 Å². The van der Waals surface area contributed by atoms with E-state index in [1.165, 1.54) is 6.42 Å². The number of unbranched alkanes of at least 4 members (excludes halogenated alkanes) is 1. The van der Waals surface area contributed by atoms with Crippen molar-refractivity contribution in [2.45, 2.75) is 57.9 Å². The lowest BCUT2D eigenvalue weighted by atomic mass is 9.95. The van der Waals surface area contributed by atoms with Crippen LogP contribution in [0.3, 0.4) is 0 Å². The number of benzene rings is 2. The third-order valence-electron chi connectivity index (χ3n) is 5.25. The van der Waals surface area contributed by atoms with E-state index in [-0.39, 0.29) is 17.9 Å². The molecule has 2 aromatic carbocycles. The van der Waals surface area contributed by atoms with Crippen LogP contribution in [0, 0.1) is 0 Å². The number of para-hydroxylation sites is 2. The van der Waals surface area contributed by atoms with Crippen molar-refractivity contribution >= 4 is 17.5 Å². The maximum atomic E-state index is 12.9. The maximum Gasteiger partial charge on any atom is 0.259 e. The Hall–Kier alpha value is -2.82. The zero-order valence-electron chi connectivity index (χ0n) is 17.1. The molecule has 0 unspecified atom stereocenters. The zero-order valence-corrected chi connectivity index (χ0v) is 17.1. The molecule has 0 bridgehead atoms. The summed E-state index contributed by atoms with van der Waals surface area (Å²) in [7, 11) is 0. The fourth-order valence-electron chi connectivity index (χ4n) is 3.60. The summed E-state index contributed by atoms with van der Waals surface area (Å²) < 4.78 is 5.77. The fourth-order valence-corrected chi connectivity index (χ4v) is 3.60. The van der Waals surface area contributed by atoms with Crippen LogP contribution < -0.4 is 15.4 Å². The molecule has 1 aliphatic rings. The van der Waals surface area contributed by atoms with Crippen LogP contribution in [0.2, 0.25) is 0 Å². The van der Waals surface area contributed by atoms with Gasteiger partial charge in [-0.25, -0.2) is 0 Å². The minimum atomic E-state index is -0.282. The van der Waals surface area contributed by atoms with Gasteiger partial charge in [0.2, 0.25) is 0 Å². The second-order valence-corrected chi connectivity index (χ2v) is 7.51. The molecule has 0 aliphatic heterocycles. The Kier molecular flexibility index (Phi) is 7.68. The largest absolute Gasteiger partial charge is 0.493 e. The van der Waals surface area contributed by atoms with Crippen molar-refractivity contribution < 1.29 is 14.3 Å². The number of nitrogens with one attached hydrogen (secondary N) is 2. The van der Waals surface area contributed by atoms with Crippen LogP contribution in [0.4, 0.5) is 5.69 Å². The normalized spacial score (nSPS) is 14.2. The Labute approximate surface area is 172 Å². The van der Waals surface area contributed by atoms with E-state index >= 15 is 0 Å². The van der Waals surface area contributed by atoms with Gasteiger partial charge >= 0.3 is 0 Å². The van der Waals surface area contributed by atoms with Gasteiger partial charge in [0, 0.05) is 6.04 Å². The standard InChI is InChI=1S/C24H30N2O3/c1-2-3-17-29-22-16-10-8-14-20(22)24(28)26-21-15-9-7-13-19(21)23(27)25-18-11-5-4-6-12-18/h7-10,13-16,18H,2-6,11-12,17H2,1H3,(H,25,27)(H,26,28). The molecule has 0 radical (unpaired) electrons. The number of rotatable bonds is 8. The Balaban J connectivity index is 1.72. The molecule has 1 fully saturated rings. The van der Waals surface area contributed by atoms with Crippen molar-refractivity contribution in [2.24, 2.45) is 0 Å². The third-order valence-corrected chi connectivity index (χ3v) is 5.25. The fraction of sp³-hybridized carbons (Fsp3) is 0.417. The maximum absolute atomic E-state index is 12.9. The van der Waals surface area contributed by atoms with Gasteiger partial charge in [-0.05, 0) is 43.5 Å². The quantitative estimate of drug-likeness (QED) is 0.606. The summed E-state index contributed by atoms with van der Waals surface area (Å²) in [4.78, 5) is 25.7. The summed E-state index contributed by atoms with van der Waals surface area (Å²) in [5.74, 6) is 0.137. The molecular formula is C24H30N2O3.